The van der Waals surface area contributed by atoms with E-state index in [1.54, 1.807) is 6.20 Å². The summed E-state index contributed by atoms with van der Waals surface area (Å²) in [4.78, 5) is 7.96. The van der Waals surface area contributed by atoms with Gasteiger partial charge in [0.15, 0.2) is 10.7 Å². The van der Waals surface area contributed by atoms with Crippen LogP contribution in [0.1, 0.15) is 0 Å². The number of hydrogen-bond donors (Lipinski definition) is 2. The van der Waals surface area contributed by atoms with Gasteiger partial charge in [0, 0.05) is 6.20 Å². The third-order valence-corrected chi connectivity index (χ3v) is 2.64. The minimum Gasteiger partial charge on any atom is -0.374 e. The Morgan fingerprint density at radius 1 is 1.33 bits per heavy atom. The van der Waals surface area contributed by atoms with Crippen molar-refractivity contribution in [3.05, 3.63) is 12.5 Å². The third kappa shape index (κ3) is 1.22. The number of H-pyrrole nitrogens is 1. The summed E-state index contributed by atoms with van der Waals surface area (Å²) in [5, 5.41) is 16.4. The van der Waals surface area contributed by atoms with Crippen LogP contribution >= 0.6 is 11.3 Å². The van der Waals surface area contributed by atoms with E-state index in [0.717, 1.165) is 5.39 Å². The summed E-state index contributed by atoms with van der Waals surface area (Å²) in [5.41, 5.74) is 6.86. The second-order valence-corrected chi connectivity index (χ2v) is 3.81. The van der Waals surface area contributed by atoms with E-state index in [1.165, 1.54) is 17.7 Å². The van der Waals surface area contributed by atoms with Crippen LogP contribution in [0.3, 0.4) is 0 Å². The van der Waals surface area contributed by atoms with Crippen LogP contribution in [-0.4, -0.2) is 30.4 Å². The molecule has 7 nitrogen and oxygen atoms in total. The first kappa shape index (κ1) is 8.24. The molecule has 0 bridgehead atoms. The van der Waals surface area contributed by atoms with Crippen LogP contribution in [0.25, 0.3) is 21.7 Å². The van der Waals surface area contributed by atoms with Gasteiger partial charge in [-0.1, -0.05) is 11.3 Å². The number of aromatic nitrogens is 6. The van der Waals surface area contributed by atoms with Crippen LogP contribution in [0.15, 0.2) is 12.5 Å². The predicted molar refractivity (Wildman–Crippen MR) is 55.0 cm³/mol. The molecule has 0 unspecified atom stereocenters. The van der Waals surface area contributed by atoms with Crippen LogP contribution in [-0.2, 0) is 0 Å². The lowest BCUT2D eigenvalue weighted by atomic mass is 10.3. The second kappa shape index (κ2) is 2.95. The average Bonchev–Trinajstić information content (AvgIpc) is 2.83. The number of nitrogen functional groups attached to an aromatic ring is 1. The molecular formula is C7H5N7S. The minimum absolute atomic E-state index is 0.415. The fourth-order valence-electron chi connectivity index (χ4n) is 1.25. The summed E-state index contributed by atoms with van der Waals surface area (Å²) in [6.45, 7) is 0. The van der Waals surface area contributed by atoms with Crippen LogP contribution in [0.4, 0.5) is 5.13 Å². The maximum absolute atomic E-state index is 5.50. The molecular weight excluding hydrogens is 214 g/mol. The molecule has 0 aliphatic carbocycles. The Hall–Kier alpha value is -2.09. The normalized spacial score (nSPS) is 10.9. The van der Waals surface area contributed by atoms with Crippen molar-refractivity contribution in [3.8, 4) is 10.7 Å². The highest BCUT2D eigenvalue weighted by Gasteiger charge is 2.12. The van der Waals surface area contributed by atoms with Crippen molar-refractivity contribution >= 4 is 27.5 Å². The molecule has 0 spiro atoms. The highest BCUT2D eigenvalue weighted by molar-refractivity contribution is 7.18. The number of aromatic amines is 1. The standard InChI is InChI=1S/C7H5N7S/c8-7-14-13-6(15-7)4-3-1-9-2-10-5(3)12-11-4/h1-2H,(H2,8,14)(H,9,10,11,12). The molecule has 0 fully saturated rings. The van der Waals surface area contributed by atoms with E-state index in [2.05, 4.69) is 30.4 Å². The van der Waals surface area contributed by atoms with E-state index in [1.807, 2.05) is 0 Å². The Kier molecular flexibility index (Phi) is 1.62. The van der Waals surface area contributed by atoms with Crippen molar-refractivity contribution in [2.45, 2.75) is 0 Å². The lowest BCUT2D eigenvalue weighted by Gasteiger charge is -1.87. The van der Waals surface area contributed by atoms with Gasteiger partial charge in [-0.05, 0) is 0 Å². The Balaban J connectivity index is 2.27. The summed E-state index contributed by atoms with van der Waals surface area (Å²) in [5.74, 6) is 0. The zero-order valence-electron chi connectivity index (χ0n) is 7.38. The summed E-state index contributed by atoms with van der Waals surface area (Å²) in [6.07, 6.45) is 3.14. The number of nitrogens with one attached hydrogen (secondary N) is 1. The van der Waals surface area contributed by atoms with Gasteiger partial charge in [-0.2, -0.15) is 5.10 Å². The van der Waals surface area contributed by atoms with E-state index in [-0.39, 0.29) is 0 Å². The van der Waals surface area contributed by atoms with Crippen LogP contribution in [0.5, 0.6) is 0 Å². The fourth-order valence-corrected chi connectivity index (χ4v) is 1.87. The van der Waals surface area contributed by atoms with Gasteiger partial charge < -0.3 is 5.73 Å². The summed E-state index contributed by atoms with van der Waals surface area (Å²) < 4.78 is 0. The lowest BCUT2D eigenvalue weighted by Crippen LogP contribution is -1.80. The topological polar surface area (TPSA) is 106 Å². The molecule has 15 heavy (non-hydrogen) atoms. The molecule has 0 amide bonds. The maximum Gasteiger partial charge on any atom is 0.203 e. The first-order valence-electron chi connectivity index (χ1n) is 4.08. The monoisotopic (exact) mass is 219 g/mol. The Labute approximate surface area is 87.4 Å². The fraction of sp³-hybridized carbons (Fsp3) is 0. The highest BCUT2D eigenvalue weighted by Crippen LogP contribution is 2.27. The SMILES string of the molecule is Nc1nnc(-c2n[nH]c3ncncc23)s1. The first-order chi connectivity index (χ1) is 7.34. The molecule has 0 aliphatic heterocycles. The third-order valence-electron chi connectivity index (χ3n) is 1.88. The first-order valence-corrected chi connectivity index (χ1v) is 4.89. The van der Waals surface area contributed by atoms with Gasteiger partial charge in [-0.25, -0.2) is 9.97 Å². The number of fused-ring (bicyclic) bond motifs is 1. The number of hydrogen-bond acceptors (Lipinski definition) is 7. The molecule has 0 saturated heterocycles. The molecule has 0 radical (unpaired) electrons. The van der Waals surface area contributed by atoms with E-state index >= 15 is 0 Å². The van der Waals surface area contributed by atoms with Gasteiger partial charge in [0.05, 0.1) is 5.39 Å². The molecule has 3 aromatic rings. The van der Waals surface area contributed by atoms with Crippen LogP contribution < -0.4 is 5.73 Å². The zero-order chi connectivity index (χ0) is 10.3. The van der Waals surface area contributed by atoms with Gasteiger partial charge in [0.2, 0.25) is 5.13 Å². The molecule has 0 atom stereocenters. The van der Waals surface area contributed by atoms with Crippen molar-refractivity contribution < 1.29 is 0 Å². The number of nitrogens with two attached hydrogens (primary N) is 1. The van der Waals surface area contributed by atoms with Crippen molar-refractivity contribution in [3.63, 3.8) is 0 Å². The molecule has 0 aliphatic rings. The Bertz CT molecular complexity index is 612. The quantitative estimate of drug-likeness (QED) is 0.615. The Morgan fingerprint density at radius 3 is 3.07 bits per heavy atom. The average molecular weight is 219 g/mol. The summed E-state index contributed by atoms with van der Waals surface area (Å²) >= 11 is 1.28. The van der Waals surface area contributed by atoms with E-state index in [9.17, 15) is 0 Å². The second-order valence-electron chi connectivity index (χ2n) is 2.80. The summed E-state index contributed by atoms with van der Waals surface area (Å²) in [6, 6.07) is 0. The molecule has 0 saturated carbocycles. The van der Waals surface area contributed by atoms with Crippen LogP contribution in [0.2, 0.25) is 0 Å². The maximum atomic E-state index is 5.50. The van der Waals surface area contributed by atoms with Gasteiger partial charge in [0.1, 0.15) is 12.0 Å². The molecule has 3 heterocycles. The zero-order valence-corrected chi connectivity index (χ0v) is 8.19. The number of nitrogens with zero attached hydrogens (tertiary/aromatic N) is 5. The van der Waals surface area contributed by atoms with Crippen LogP contribution in [0, 0.1) is 0 Å². The minimum atomic E-state index is 0.415. The van der Waals surface area contributed by atoms with E-state index in [0.29, 0.717) is 21.5 Å². The lowest BCUT2D eigenvalue weighted by molar-refractivity contribution is 1.06. The van der Waals surface area contributed by atoms with Crippen molar-refractivity contribution in [2.75, 3.05) is 5.73 Å². The summed E-state index contributed by atoms with van der Waals surface area (Å²) in [7, 11) is 0. The van der Waals surface area contributed by atoms with Gasteiger partial charge in [-0.3, -0.25) is 5.10 Å². The molecule has 74 valence electrons. The van der Waals surface area contributed by atoms with Crippen molar-refractivity contribution in [1.82, 2.24) is 30.4 Å². The largest absolute Gasteiger partial charge is 0.374 e. The molecule has 0 aromatic carbocycles. The van der Waals surface area contributed by atoms with Gasteiger partial charge in [0.25, 0.3) is 0 Å². The Morgan fingerprint density at radius 2 is 2.27 bits per heavy atom. The molecule has 3 aromatic heterocycles. The number of rotatable bonds is 1. The molecule has 3 rings (SSSR count). The molecule has 3 N–H and O–H groups in total. The van der Waals surface area contributed by atoms with E-state index in [4.69, 9.17) is 5.73 Å². The highest BCUT2D eigenvalue weighted by atomic mass is 32.1. The predicted octanol–water partition coefficient (Wildman–Crippen LogP) is 0.454. The van der Waals surface area contributed by atoms with E-state index < -0.39 is 0 Å². The van der Waals surface area contributed by atoms with Crippen molar-refractivity contribution in [2.24, 2.45) is 0 Å². The van der Waals surface area contributed by atoms with Gasteiger partial charge >= 0.3 is 0 Å². The molecule has 8 heteroatoms. The van der Waals surface area contributed by atoms with Crippen molar-refractivity contribution in [1.29, 1.82) is 0 Å². The smallest absolute Gasteiger partial charge is 0.203 e. The number of anilines is 1. The van der Waals surface area contributed by atoms with Gasteiger partial charge in [-0.15, -0.1) is 10.2 Å².